The van der Waals surface area contributed by atoms with Gasteiger partial charge in [-0.15, -0.1) is 0 Å². The third-order valence-electron chi connectivity index (χ3n) is 7.06. The first-order valence-corrected chi connectivity index (χ1v) is 12.9. The first kappa shape index (κ1) is 27.4. The van der Waals surface area contributed by atoms with Crippen molar-refractivity contribution in [2.24, 2.45) is 0 Å². The number of likely N-dealkylation sites (tertiary alicyclic amines) is 1. The van der Waals surface area contributed by atoms with Crippen LogP contribution >= 0.6 is 0 Å². The number of ether oxygens (including phenoxy) is 1. The highest BCUT2D eigenvalue weighted by Crippen LogP contribution is 2.32. The molecule has 5 rings (SSSR count). The van der Waals surface area contributed by atoms with Gasteiger partial charge < -0.3 is 10.1 Å². The largest absolute Gasteiger partial charge is 0.383 e. The highest BCUT2D eigenvalue weighted by atomic mass is 19.2. The number of anilines is 1. The number of nitrogens with zero attached hydrogens (tertiary/aromatic N) is 4. The van der Waals surface area contributed by atoms with Crippen LogP contribution in [0, 0.1) is 24.5 Å². The van der Waals surface area contributed by atoms with Gasteiger partial charge in [-0.2, -0.15) is 9.49 Å². The van der Waals surface area contributed by atoms with Crippen LogP contribution in [0.2, 0.25) is 0 Å². The zero-order valence-electron chi connectivity index (χ0n) is 22.1. The second kappa shape index (κ2) is 11.9. The molecule has 0 aliphatic carbocycles. The number of amides is 2. The zero-order valence-corrected chi connectivity index (χ0v) is 22.1. The number of benzene rings is 2. The Morgan fingerprint density at radius 1 is 1.05 bits per heavy atom. The molecule has 0 spiro atoms. The van der Waals surface area contributed by atoms with Crippen molar-refractivity contribution in [2.75, 3.05) is 38.7 Å². The van der Waals surface area contributed by atoms with Gasteiger partial charge in [-0.1, -0.05) is 24.3 Å². The second-order valence-electron chi connectivity index (χ2n) is 9.65. The number of para-hydroxylation sites is 1. The molecule has 4 aromatic rings. The maximum absolute atomic E-state index is 14.6. The Kier molecular flexibility index (Phi) is 8.13. The van der Waals surface area contributed by atoms with Crippen molar-refractivity contribution in [2.45, 2.75) is 18.9 Å². The standard InChI is InChI=1S/C29H29F3N6O2/c1-18-26(21-9-6-12-33-27(21)32)36-38(20-7-4-3-5-8-20)28(18)35-29(39)34-25-17-37(13-14-40-2)16-22(25)19-10-11-23(30)24(31)15-19/h3-12,15,22,25H,13-14,16-17H2,1-2H3,(H2,34,35,39). The number of aromatic nitrogens is 3. The van der Waals surface area contributed by atoms with Crippen LogP contribution in [0.3, 0.4) is 0 Å². The topological polar surface area (TPSA) is 84.3 Å². The first-order chi connectivity index (χ1) is 19.4. The molecule has 3 heterocycles. The van der Waals surface area contributed by atoms with Gasteiger partial charge in [-0.25, -0.2) is 23.2 Å². The monoisotopic (exact) mass is 550 g/mol. The van der Waals surface area contributed by atoms with Crippen LogP contribution in [-0.2, 0) is 4.74 Å². The van der Waals surface area contributed by atoms with Crippen molar-refractivity contribution in [3.8, 4) is 16.9 Å². The van der Waals surface area contributed by atoms with E-state index in [0.717, 1.165) is 6.07 Å². The summed E-state index contributed by atoms with van der Waals surface area (Å²) in [6, 6.07) is 15.3. The lowest BCUT2D eigenvalue weighted by Crippen LogP contribution is -2.42. The third-order valence-corrected chi connectivity index (χ3v) is 7.06. The summed E-state index contributed by atoms with van der Waals surface area (Å²) in [6.45, 7) is 3.88. The van der Waals surface area contributed by atoms with E-state index in [0.29, 0.717) is 54.6 Å². The fourth-order valence-electron chi connectivity index (χ4n) is 5.04. The summed E-state index contributed by atoms with van der Waals surface area (Å²) >= 11 is 0. The molecular weight excluding hydrogens is 521 g/mol. The highest BCUT2D eigenvalue weighted by molar-refractivity contribution is 5.91. The number of carbonyl (C=O) groups is 1. The van der Waals surface area contributed by atoms with E-state index < -0.39 is 29.7 Å². The summed E-state index contributed by atoms with van der Waals surface area (Å²) in [4.78, 5) is 19.2. The van der Waals surface area contributed by atoms with E-state index in [1.165, 1.54) is 12.3 Å². The van der Waals surface area contributed by atoms with Crippen molar-refractivity contribution in [1.82, 2.24) is 25.0 Å². The maximum atomic E-state index is 14.6. The Morgan fingerprint density at radius 3 is 2.58 bits per heavy atom. The van der Waals surface area contributed by atoms with Crippen molar-refractivity contribution >= 4 is 11.8 Å². The number of hydrogen-bond donors (Lipinski definition) is 2. The molecule has 1 saturated heterocycles. The molecule has 2 aromatic carbocycles. The van der Waals surface area contributed by atoms with Gasteiger partial charge in [0.2, 0.25) is 5.95 Å². The number of methoxy groups -OCH3 is 1. The van der Waals surface area contributed by atoms with E-state index in [1.54, 1.807) is 36.9 Å². The fraction of sp³-hybridized carbons (Fsp3) is 0.276. The van der Waals surface area contributed by atoms with Crippen molar-refractivity contribution in [3.63, 3.8) is 0 Å². The summed E-state index contributed by atoms with van der Waals surface area (Å²) in [5.74, 6) is -2.45. The van der Waals surface area contributed by atoms with Crippen LogP contribution in [0.1, 0.15) is 17.0 Å². The van der Waals surface area contributed by atoms with Crippen LogP contribution in [-0.4, -0.2) is 65.1 Å². The van der Waals surface area contributed by atoms with Gasteiger partial charge in [0, 0.05) is 44.4 Å². The lowest BCUT2D eigenvalue weighted by Gasteiger charge is -2.21. The van der Waals surface area contributed by atoms with Crippen LogP contribution in [0.5, 0.6) is 0 Å². The molecule has 2 N–H and O–H groups in total. The zero-order chi connectivity index (χ0) is 28.2. The fourth-order valence-corrected chi connectivity index (χ4v) is 5.04. The van der Waals surface area contributed by atoms with E-state index in [1.807, 2.05) is 30.3 Å². The first-order valence-electron chi connectivity index (χ1n) is 12.9. The molecule has 11 heteroatoms. The number of rotatable bonds is 8. The molecule has 40 heavy (non-hydrogen) atoms. The Balaban J connectivity index is 1.44. The van der Waals surface area contributed by atoms with E-state index in [9.17, 15) is 18.0 Å². The molecular formula is C29H29F3N6O2. The third kappa shape index (κ3) is 5.70. The molecule has 2 amide bonds. The van der Waals surface area contributed by atoms with Crippen molar-refractivity contribution in [3.05, 3.63) is 95.6 Å². The van der Waals surface area contributed by atoms with Crippen LogP contribution in [0.4, 0.5) is 23.8 Å². The predicted molar refractivity (Wildman–Crippen MR) is 145 cm³/mol. The number of nitrogens with one attached hydrogen (secondary N) is 2. The molecule has 2 atom stereocenters. The van der Waals surface area contributed by atoms with Crippen LogP contribution in [0.15, 0.2) is 66.9 Å². The normalized spacial score (nSPS) is 17.2. The van der Waals surface area contributed by atoms with E-state index in [2.05, 4.69) is 25.6 Å². The van der Waals surface area contributed by atoms with Gasteiger partial charge >= 0.3 is 6.03 Å². The molecule has 1 aliphatic rings. The van der Waals surface area contributed by atoms with Gasteiger partial charge in [-0.05, 0) is 48.9 Å². The van der Waals surface area contributed by atoms with Gasteiger partial charge in [0.05, 0.1) is 23.9 Å². The summed E-state index contributed by atoms with van der Waals surface area (Å²) in [7, 11) is 1.61. The molecule has 0 bridgehead atoms. The molecule has 0 radical (unpaired) electrons. The molecule has 2 aromatic heterocycles. The van der Waals surface area contributed by atoms with E-state index >= 15 is 0 Å². The molecule has 0 saturated carbocycles. The van der Waals surface area contributed by atoms with Gasteiger partial charge in [-0.3, -0.25) is 10.2 Å². The lowest BCUT2D eigenvalue weighted by atomic mass is 9.94. The predicted octanol–water partition coefficient (Wildman–Crippen LogP) is 4.90. The Hall–Kier alpha value is -4.22. The van der Waals surface area contributed by atoms with Gasteiger partial charge in [0.1, 0.15) is 11.5 Å². The van der Waals surface area contributed by atoms with Crippen LogP contribution < -0.4 is 10.6 Å². The summed E-state index contributed by atoms with van der Waals surface area (Å²) in [5.41, 5.74) is 2.36. The minimum absolute atomic E-state index is 0.209. The molecule has 1 aliphatic heterocycles. The summed E-state index contributed by atoms with van der Waals surface area (Å²) < 4.78 is 49.0. The number of carbonyl (C=O) groups excluding carboxylic acids is 1. The summed E-state index contributed by atoms with van der Waals surface area (Å²) in [6.07, 6.45) is 1.36. The van der Waals surface area contributed by atoms with E-state index in [-0.39, 0.29) is 11.5 Å². The average Bonchev–Trinajstić information content (AvgIpc) is 3.50. The molecule has 8 nitrogen and oxygen atoms in total. The number of pyridine rings is 1. The highest BCUT2D eigenvalue weighted by Gasteiger charge is 2.35. The quantitative estimate of drug-likeness (QED) is 0.305. The Morgan fingerprint density at radius 2 is 1.85 bits per heavy atom. The number of halogens is 3. The number of hydrogen-bond acceptors (Lipinski definition) is 5. The number of urea groups is 1. The maximum Gasteiger partial charge on any atom is 0.320 e. The SMILES string of the molecule is COCCN1CC(NC(=O)Nc2c(C)c(-c3cccnc3F)nn2-c2ccccc2)C(c2ccc(F)c(F)c2)C1. The van der Waals surface area contributed by atoms with Crippen molar-refractivity contribution < 1.29 is 22.7 Å². The van der Waals surface area contributed by atoms with Crippen molar-refractivity contribution in [1.29, 1.82) is 0 Å². The second-order valence-corrected chi connectivity index (χ2v) is 9.65. The Labute approximate surface area is 229 Å². The lowest BCUT2D eigenvalue weighted by molar-refractivity contribution is 0.159. The van der Waals surface area contributed by atoms with Gasteiger partial charge in [0.25, 0.3) is 0 Å². The summed E-state index contributed by atoms with van der Waals surface area (Å²) in [5, 5.41) is 10.5. The molecule has 1 fully saturated rings. The minimum atomic E-state index is -0.936. The minimum Gasteiger partial charge on any atom is -0.383 e. The average molecular weight is 551 g/mol. The Bertz CT molecular complexity index is 1500. The van der Waals surface area contributed by atoms with Crippen LogP contribution in [0.25, 0.3) is 16.9 Å². The van der Waals surface area contributed by atoms with E-state index in [4.69, 9.17) is 4.74 Å². The molecule has 2 unspecified atom stereocenters. The van der Waals surface area contributed by atoms with Gasteiger partial charge in [0.15, 0.2) is 11.6 Å². The smallest absolute Gasteiger partial charge is 0.320 e. The molecule has 208 valence electrons.